The molecule has 5 rings (SSSR count). The summed E-state index contributed by atoms with van der Waals surface area (Å²) in [5, 5.41) is 16.1. The molecule has 1 atom stereocenters. The first-order valence-corrected chi connectivity index (χ1v) is 11.1. The van der Waals surface area contributed by atoms with Crippen LogP contribution in [0, 0.1) is 0 Å². The molecule has 0 saturated carbocycles. The number of carbonyl (C=O) groups excluding carboxylic acids is 2. The Morgan fingerprint density at radius 1 is 1.03 bits per heavy atom. The fourth-order valence-electron chi connectivity index (χ4n) is 4.21. The van der Waals surface area contributed by atoms with Gasteiger partial charge in [0, 0.05) is 25.7 Å². The van der Waals surface area contributed by atoms with Crippen molar-refractivity contribution in [3.8, 4) is 5.69 Å². The van der Waals surface area contributed by atoms with E-state index in [4.69, 9.17) is 9.52 Å². The Bertz CT molecular complexity index is 1390. The molecule has 0 spiro atoms. The highest BCUT2D eigenvalue weighted by Crippen LogP contribution is 2.25. The van der Waals surface area contributed by atoms with Gasteiger partial charge in [0.2, 0.25) is 5.91 Å². The summed E-state index contributed by atoms with van der Waals surface area (Å²) in [5.74, 6) is -1.51. The topological polar surface area (TPSA) is 118 Å². The molecule has 2 aromatic carbocycles. The molecular weight excluding hydrogens is 448 g/mol. The lowest BCUT2D eigenvalue weighted by Gasteiger charge is -2.35. The van der Waals surface area contributed by atoms with E-state index in [1.807, 2.05) is 42.5 Å². The maximum absolute atomic E-state index is 13.3. The largest absolute Gasteiger partial charge is 0.476 e. The Labute approximate surface area is 200 Å². The van der Waals surface area contributed by atoms with Gasteiger partial charge in [0.05, 0.1) is 12.0 Å². The van der Waals surface area contributed by atoms with Crippen LogP contribution in [0.15, 0.2) is 83.6 Å². The summed E-state index contributed by atoms with van der Waals surface area (Å²) in [6.45, 7) is 0.551. The molecule has 3 heterocycles. The lowest BCUT2D eigenvalue weighted by Crippen LogP contribution is -2.52. The number of fused-ring (bicyclic) bond motifs is 1. The molecule has 35 heavy (non-hydrogen) atoms. The zero-order valence-corrected chi connectivity index (χ0v) is 18.6. The molecule has 176 valence electrons. The van der Waals surface area contributed by atoms with Crippen LogP contribution in [0.5, 0.6) is 0 Å². The van der Waals surface area contributed by atoms with Crippen molar-refractivity contribution in [3.63, 3.8) is 0 Å². The number of furan rings is 1. The quantitative estimate of drug-likeness (QED) is 0.447. The van der Waals surface area contributed by atoms with Crippen LogP contribution in [0.3, 0.4) is 0 Å². The number of nitrogens with zero attached hydrogens (tertiary/aromatic N) is 3. The summed E-state index contributed by atoms with van der Waals surface area (Å²) < 4.78 is 6.77. The van der Waals surface area contributed by atoms with Crippen LogP contribution >= 0.6 is 0 Å². The summed E-state index contributed by atoms with van der Waals surface area (Å²) in [6, 6.07) is 19.0. The number of amides is 2. The number of aromatic carboxylic acids is 1. The molecule has 1 aliphatic heterocycles. The molecular formula is C26H22N4O5. The molecule has 0 saturated heterocycles. The minimum absolute atomic E-state index is 0.0531. The number of nitrogens with one attached hydrogen (secondary N) is 1. The minimum atomic E-state index is -1.10. The molecule has 1 unspecified atom stereocenters. The van der Waals surface area contributed by atoms with Gasteiger partial charge >= 0.3 is 5.97 Å². The second-order valence-electron chi connectivity index (χ2n) is 8.24. The summed E-state index contributed by atoms with van der Waals surface area (Å²) >= 11 is 0. The van der Waals surface area contributed by atoms with Gasteiger partial charge in [-0.05, 0) is 47.0 Å². The predicted octanol–water partition coefficient (Wildman–Crippen LogP) is 3.05. The SMILES string of the molecule is O=C(O)c1ccn(-c2cccc(CNC(=O)C3Cc4ccccc4CN3C(=O)c3ccco3)c2)n1. The average Bonchev–Trinajstić information content (AvgIpc) is 3.59. The van der Waals surface area contributed by atoms with Crippen molar-refractivity contribution in [1.29, 1.82) is 0 Å². The van der Waals surface area contributed by atoms with Gasteiger partial charge in [0.15, 0.2) is 11.5 Å². The number of carbonyl (C=O) groups is 3. The number of hydrogen-bond donors (Lipinski definition) is 2. The third-order valence-corrected chi connectivity index (χ3v) is 5.99. The Hall–Kier alpha value is -4.66. The second-order valence-corrected chi connectivity index (χ2v) is 8.24. The third-order valence-electron chi connectivity index (χ3n) is 5.99. The molecule has 0 aliphatic carbocycles. The Morgan fingerprint density at radius 3 is 2.60 bits per heavy atom. The van der Waals surface area contributed by atoms with Crippen molar-refractivity contribution in [2.75, 3.05) is 0 Å². The molecule has 0 radical (unpaired) electrons. The van der Waals surface area contributed by atoms with Crippen LogP contribution in [0.1, 0.15) is 37.7 Å². The molecule has 0 fully saturated rings. The minimum Gasteiger partial charge on any atom is -0.476 e. The number of aromatic nitrogens is 2. The highest BCUT2D eigenvalue weighted by Gasteiger charge is 2.35. The van der Waals surface area contributed by atoms with Crippen LogP contribution in [-0.4, -0.2) is 43.6 Å². The van der Waals surface area contributed by atoms with E-state index in [0.29, 0.717) is 18.7 Å². The number of benzene rings is 2. The van der Waals surface area contributed by atoms with Crippen molar-refractivity contribution in [3.05, 3.63) is 107 Å². The fraction of sp³-hybridized carbons (Fsp3) is 0.154. The van der Waals surface area contributed by atoms with Crippen LogP contribution in [0.4, 0.5) is 0 Å². The van der Waals surface area contributed by atoms with Gasteiger partial charge in [0.25, 0.3) is 5.91 Å². The van der Waals surface area contributed by atoms with E-state index in [-0.39, 0.29) is 29.8 Å². The van der Waals surface area contributed by atoms with Gasteiger partial charge < -0.3 is 19.7 Å². The highest BCUT2D eigenvalue weighted by atomic mass is 16.4. The molecule has 9 heteroatoms. The van der Waals surface area contributed by atoms with E-state index < -0.39 is 12.0 Å². The van der Waals surface area contributed by atoms with E-state index >= 15 is 0 Å². The molecule has 2 N–H and O–H groups in total. The van der Waals surface area contributed by atoms with Crippen molar-refractivity contribution >= 4 is 17.8 Å². The summed E-state index contributed by atoms with van der Waals surface area (Å²) in [5.41, 5.74) is 3.46. The third kappa shape index (κ3) is 4.56. The first-order valence-electron chi connectivity index (χ1n) is 11.1. The Balaban J connectivity index is 1.33. The molecule has 2 aromatic heterocycles. The van der Waals surface area contributed by atoms with Gasteiger partial charge in [-0.25, -0.2) is 9.48 Å². The van der Waals surface area contributed by atoms with Crippen LogP contribution in [-0.2, 0) is 24.3 Å². The Kier molecular flexibility index (Phi) is 5.88. The molecule has 4 aromatic rings. The van der Waals surface area contributed by atoms with E-state index in [2.05, 4.69) is 10.4 Å². The summed E-state index contributed by atoms with van der Waals surface area (Å²) in [4.78, 5) is 39.0. The Morgan fingerprint density at radius 2 is 1.86 bits per heavy atom. The van der Waals surface area contributed by atoms with Gasteiger partial charge in [0.1, 0.15) is 6.04 Å². The van der Waals surface area contributed by atoms with Crippen molar-refractivity contribution in [1.82, 2.24) is 20.0 Å². The summed E-state index contributed by atoms with van der Waals surface area (Å²) in [7, 11) is 0. The zero-order chi connectivity index (χ0) is 24.4. The molecule has 9 nitrogen and oxygen atoms in total. The standard InChI is InChI=1S/C26H22N4O5/c31-24(27-15-17-5-3-8-20(13-17)30-11-10-21(28-30)26(33)34)22-14-18-6-1-2-7-19(18)16-29(22)25(32)23-9-4-12-35-23/h1-13,22H,14-16H2,(H,27,31)(H,33,34). The number of carboxylic acids is 1. The van der Waals surface area contributed by atoms with Crippen LogP contribution < -0.4 is 5.32 Å². The van der Waals surface area contributed by atoms with E-state index in [0.717, 1.165) is 16.7 Å². The maximum Gasteiger partial charge on any atom is 0.356 e. The first kappa shape index (κ1) is 22.1. The lowest BCUT2D eigenvalue weighted by molar-refractivity contribution is -0.126. The fourth-order valence-corrected chi connectivity index (χ4v) is 4.21. The van der Waals surface area contributed by atoms with Crippen molar-refractivity contribution in [2.45, 2.75) is 25.6 Å². The van der Waals surface area contributed by atoms with Gasteiger partial charge in [-0.2, -0.15) is 5.10 Å². The van der Waals surface area contributed by atoms with Crippen molar-refractivity contribution in [2.24, 2.45) is 0 Å². The predicted molar refractivity (Wildman–Crippen MR) is 125 cm³/mol. The number of carboxylic acid groups (broad SMARTS) is 1. The van der Waals surface area contributed by atoms with E-state index in [1.54, 1.807) is 29.3 Å². The molecule has 0 bridgehead atoms. The maximum atomic E-state index is 13.3. The van der Waals surface area contributed by atoms with E-state index in [1.165, 1.54) is 17.0 Å². The first-order chi connectivity index (χ1) is 17.0. The van der Waals surface area contributed by atoms with Gasteiger partial charge in [-0.1, -0.05) is 36.4 Å². The van der Waals surface area contributed by atoms with Crippen LogP contribution in [0.2, 0.25) is 0 Å². The van der Waals surface area contributed by atoms with Gasteiger partial charge in [-0.15, -0.1) is 0 Å². The number of rotatable bonds is 6. The molecule has 2 amide bonds. The van der Waals surface area contributed by atoms with Crippen LogP contribution in [0.25, 0.3) is 5.69 Å². The monoisotopic (exact) mass is 470 g/mol. The summed E-state index contributed by atoms with van der Waals surface area (Å²) in [6.07, 6.45) is 3.41. The lowest BCUT2D eigenvalue weighted by atomic mass is 9.93. The molecule has 1 aliphatic rings. The number of hydrogen-bond acceptors (Lipinski definition) is 5. The second kappa shape index (κ2) is 9.30. The normalized spacial score (nSPS) is 14.9. The smallest absolute Gasteiger partial charge is 0.356 e. The highest BCUT2D eigenvalue weighted by molar-refractivity contribution is 5.96. The van der Waals surface area contributed by atoms with Gasteiger partial charge in [-0.3, -0.25) is 9.59 Å². The average molecular weight is 470 g/mol. The van der Waals surface area contributed by atoms with Crippen molar-refractivity contribution < 1.29 is 23.9 Å². The van der Waals surface area contributed by atoms with E-state index in [9.17, 15) is 14.4 Å². The zero-order valence-electron chi connectivity index (χ0n) is 18.6.